The highest BCUT2D eigenvalue weighted by atomic mass is 16.6. The van der Waals surface area contributed by atoms with Crippen LogP contribution in [0.5, 0.6) is 0 Å². The van der Waals surface area contributed by atoms with Crippen molar-refractivity contribution in [2.75, 3.05) is 26.2 Å². The number of amides is 1. The molecule has 1 atom stereocenters. The molecule has 7 heteroatoms. The van der Waals surface area contributed by atoms with Gasteiger partial charge < -0.3 is 4.74 Å². The Morgan fingerprint density at radius 1 is 1.41 bits per heavy atom. The van der Waals surface area contributed by atoms with Crippen molar-refractivity contribution in [3.8, 4) is 0 Å². The first-order valence-electron chi connectivity index (χ1n) is 7.66. The van der Waals surface area contributed by atoms with Crippen LogP contribution in [0.15, 0.2) is 24.7 Å². The lowest BCUT2D eigenvalue weighted by Gasteiger charge is -2.44. The molecule has 7 nitrogen and oxygen atoms in total. The third-order valence-corrected chi connectivity index (χ3v) is 4.82. The van der Waals surface area contributed by atoms with Gasteiger partial charge in [-0.1, -0.05) is 6.92 Å². The second kappa shape index (κ2) is 4.95. The molecule has 1 unspecified atom stereocenters. The number of rotatable bonds is 3. The van der Waals surface area contributed by atoms with Crippen molar-refractivity contribution in [3.05, 3.63) is 30.2 Å². The van der Waals surface area contributed by atoms with Crippen LogP contribution in [0.2, 0.25) is 0 Å². The Labute approximate surface area is 128 Å². The van der Waals surface area contributed by atoms with Crippen LogP contribution in [0, 0.1) is 0 Å². The third-order valence-electron chi connectivity index (χ3n) is 4.82. The Hall–Kier alpha value is -2.15. The van der Waals surface area contributed by atoms with Crippen molar-refractivity contribution in [2.45, 2.75) is 25.4 Å². The molecule has 4 heterocycles. The van der Waals surface area contributed by atoms with Crippen LogP contribution in [-0.4, -0.2) is 62.3 Å². The number of aromatic nitrogens is 3. The highest BCUT2D eigenvalue weighted by molar-refractivity contribution is 5.71. The maximum Gasteiger partial charge on any atom is 0.410 e. The molecule has 0 radical (unpaired) electrons. The van der Waals surface area contributed by atoms with E-state index in [2.05, 4.69) is 21.9 Å². The summed E-state index contributed by atoms with van der Waals surface area (Å²) in [5.74, 6) is 0. The summed E-state index contributed by atoms with van der Waals surface area (Å²) in [4.78, 5) is 20.5. The highest BCUT2D eigenvalue weighted by Gasteiger charge is 2.49. The van der Waals surface area contributed by atoms with Crippen molar-refractivity contribution in [1.82, 2.24) is 24.4 Å². The second-order valence-electron chi connectivity index (χ2n) is 6.05. The Morgan fingerprint density at radius 2 is 2.32 bits per heavy atom. The molecule has 2 aromatic rings. The van der Waals surface area contributed by atoms with Gasteiger partial charge >= 0.3 is 6.09 Å². The predicted molar refractivity (Wildman–Crippen MR) is 79.3 cm³/mol. The Kier molecular flexibility index (Phi) is 3.04. The minimum Gasteiger partial charge on any atom is -0.447 e. The number of nitrogens with zero attached hydrogens (tertiary/aromatic N) is 5. The fourth-order valence-corrected chi connectivity index (χ4v) is 3.51. The van der Waals surface area contributed by atoms with Gasteiger partial charge in [-0.05, 0) is 12.5 Å². The summed E-state index contributed by atoms with van der Waals surface area (Å²) in [6, 6.07) is 1.87. The predicted octanol–water partition coefficient (Wildman–Crippen LogP) is 1.15. The highest BCUT2D eigenvalue weighted by Crippen LogP contribution is 2.32. The van der Waals surface area contributed by atoms with Gasteiger partial charge in [-0.15, -0.1) is 0 Å². The van der Waals surface area contributed by atoms with E-state index >= 15 is 0 Å². The lowest BCUT2D eigenvalue weighted by Crippen LogP contribution is -2.60. The lowest BCUT2D eigenvalue weighted by molar-refractivity contribution is 0.0451. The molecule has 0 saturated carbocycles. The average molecular weight is 301 g/mol. The van der Waals surface area contributed by atoms with Crippen molar-refractivity contribution < 1.29 is 9.53 Å². The van der Waals surface area contributed by atoms with Gasteiger partial charge in [0, 0.05) is 44.1 Å². The third kappa shape index (κ3) is 1.96. The number of hydrogen-bond acceptors (Lipinski definition) is 5. The largest absolute Gasteiger partial charge is 0.447 e. The van der Waals surface area contributed by atoms with Crippen LogP contribution >= 0.6 is 0 Å². The van der Waals surface area contributed by atoms with E-state index in [-0.39, 0.29) is 11.6 Å². The zero-order valence-electron chi connectivity index (χ0n) is 12.6. The fourth-order valence-electron chi connectivity index (χ4n) is 3.51. The summed E-state index contributed by atoms with van der Waals surface area (Å²) in [6.45, 7) is 5.81. The molecule has 0 aliphatic carbocycles. The quantitative estimate of drug-likeness (QED) is 0.851. The van der Waals surface area contributed by atoms with E-state index in [0.29, 0.717) is 6.61 Å². The first-order chi connectivity index (χ1) is 10.7. The molecule has 0 bridgehead atoms. The number of cyclic esters (lactones) is 1. The SMILES string of the molecule is CCC12COC(=O)N1CCN(Cc1cnn3cccnc13)C2. The summed E-state index contributed by atoms with van der Waals surface area (Å²) in [7, 11) is 0. The maximum absolute atomic E-state index is 11.8. The molecule has 2 aliphatic rings. The van der Waals surface area contributed by atoms with E-state index in [9.17, 15) is 4.79 Å². The summed E-state index contributed by atoms with van der Waals surface area (Å²) >= 11 is 0. The van der Waals surface area contributed by atoms with Crippen LogP contribution in [0.3, 0.4) is 0 Å². The number of ether oxygens (including phenoxy) is 1. The molecule has 0 N–H and O–H groups in total. The van der Waals surface area contributed by atoms with Gasteiger partial charge in [0.15, 0.2) is 5.65 Å². The van der Waals surface area contributed by atoms with Gasteiger partial charge in [-0.3, -0.25) is 9.80 Å². The van der Waals surface area contributed by atoms with Crippen LogP contribution in [-0.2, 0) is 11.3 Å². The number of fused-ring (bicyclic) bond motifs is 2. The zero-order chi connectivity index (χ0) is 15.2. The molecule has 2 aromatic heterocycles. The van der Waals surface area contributed by atoms with E-state index < -0.39 is 0 Å². The molecule has 2 aliphatic heterocycles. The van der Waals surface area contributed by atoms with Gasteiger partial charge in [0.05, 0.1) is 11.7 Å². The molecule has 1 amide bonds. The van der Waals surface area contributed by atoms with Crippen LogP contribution in [0.4, 0.5) is 4.79 Å². The smallest absolute Gasteiger partial charge is 0.410 e. The molecule has 2 fully saturated rings. The van der Waals surface area contributed by atoms with Crippen molar-refractivity contribution in [2.24, 2.45) is 0 Å². The van der Waals surface area contributed by atoms with Crippen LogP contribution in [0.25, 0.3) is 5.65 Å². The molecule has 0 aromatic carbocycles. The van der Waals surface area contributed by atoms with Gasteiger partial charge in [0.1, 0.15) is 6.61 Å². The summed E-state index contributed by atoms with van der Waals surface area (Å²) in [5, 5.41) is 4.34. The van der Waals surface area contributed by atoms with Gasteiger partial charge in [-0.2, -0.15) is 5.10 Å². The summed E-state index contributed by atoms with van der Waals surface area (Å²) < 4.78 is 7.07. The average Bonchev–Trinajstić information content (AvgIpc) is 3.10. The number of piperazine rings is 1. The number of carbonyl (C=O) groups excluding carboxylic acids is 1. The van der Waals surface area contributed by atoms with E-state index in [0.717, 1.165) is 43.8 Å². The fraction of sp³-hybridized carbons (Fsp3) is 0.533. The molecule has 22 heavy (non-hydrogen) atoms. The molecule has 116 valence electrons. The molecule has 2 saturated heterocycles. The summed E-state index contributed by atoms with van der Waals surface area (Å²) in [6.07, 6.45) is 6.31. The van der Waals surface area contributed by atoms with E-state index in [1.54, 1.807) is 10.7 Å². The monoisotopic (exact) mass is 301 g/mol. The Morgan fingerprint density at radius 3 is 3.18 bits per heavy atom. The first kappa shape index (κ1) is 13.5. The van der Waals surface area contributed by atoms with Gasteiger partial charge in [-0.25, -0.2) is 14.3 Å². The Bertz CT molecular complexity index is 715. The number of hydrogen-bond donors (Lipinski definition) is 0. The lowest BCUT2D eigenvalue weighted by atomic mass is 9.93. The zero-order valence-corrected chi connectivity index (χ0v) is 12.6. The maximum atomic E-state index is 11.8. The molecular formula is C15H19N5O2. The van der Waals surface area contributed by atoms with E-state index in [1.807, 2.05) is 23.4 Å². The minimum absolute atomic E-state index is 0.167. The number of carbonyl (C=O) groups is 1. The normalized spacial score (nSPS) is 25.5. The van der Waals surface area contributed by atoms with Crippen molar-refractivity contribution in [1.29, 1.82) is 0 Å². The molecule has 4 rings (SSSR count). The minimum atomic E-state index is -0.175. The second-order valence-corrected chi connectivity index (χ2v) is 6.05. The van der Waals surface area contributed by atoms with Gasteiger partial charge in [0.2, 0.25) is 0 Å². The van der Waals surface area contributed by atoms with Crippen LogP contribution in [0.1, 0.15) is 18.9 Å². The van der Waals surface area contributed by atoms with E-state index in [4.69, 9.17) is 4.74 Å². The summed E-state index contributed by atoms with van der Waals surface area (Å²) in [5.41, 5.74) is 1.84. The van der Waals surface area contributed by atoms with Crippen molar-refractivity contribution in [3.63, 3.8) is 0 Å². The van der Waals surface area contributed by atoms with Crippen molar-refractivity contribution >= 4 is 11.7 Å². The molecular weight excluding hydrogens is 282 g/mol. The molecule has 0 spiro atoms. The van der Waals surface area contributed by atoms with E-state index in [1.165, 1.54) is 0 Å². The topological polar surface area (TPSA) is 63.0 Å². The van der Waals surface area contributed by atoms with Crippen LogP contribution < -0.4 is 0 Å². The first-order valence-corrected chi connectivity index (χ1v) is 7.66. The standard InChI is InChI=1S/C15H19N5O2/c1-2-15-10-18(6-7-19(15)14(21)22-11-15)9-12-8-17-20-5-3-4-16-13(12)20/h3-5,8H,2,6-7,9-11H2,1H3. The Balaban J connectivity index is 1.56. The van der Waals surface area contributed by atoms with Gasteiger partial charge in [0.25, 0.3) is 0 Å².